The molecule has 0 unspecified atom stereocenters. The molecule has 2 saturated heterocycles. The van der Waals surface area contributed by atoms with E-state index in [1.807, 2.05) is 11.8 Å². The van der Waals surface area contributed by atoms with Crippen molar-refractivity contribution in [2.45, 2.75) is 38.3 Å². The highest BCUT2D eigenvalue weighted by molar-refractivity contribution is 7.98. The van der Waals surface area contributed by atoms with Gasteiger partial charge in [-0.1, -0.05) is 6.07 Å². The molecule has 4 rings (SSSR count). The van der Waals surface area contributed by atoms with Crippen LogP contribution in [-0.4, -0.2) is 95.5 Å². The number of likely N-dealkylation sites (tertiary alicyclic amines) is 1. The third-order valence-electron chi connectivity index (χ3n) is 6.29. The summed E-state index contributed by atoms with van der Waals surface area (Å²) in [5.41, 5.74) is 2.48. The Bertz CT molecular complexity index is 776. The molecule has 2 fully saturated rings. The van der Waals surface area contributed by atoms with Crippen molar-refractivity contribution in [2.24, 2.45) is 5.92 Å². The summed E-state index contributed by atoms with van der Waals surface area (Å²) in [4.78, 5) is 34.9. The van der Waals surface area contributed by atoms with Crippen molar-refractivity contribution in [1.82, 2.24) is 14.4 Å². The second kappa shape index (κ2) is 15.1. The Morgan fingerprint density at radius 2 is 1.85 bits per heavy atom. The van der Waals surface area contributed by atoms with Gasteiger partial charge in [-0.2, -0.15) is 11.8 Å². The molecular weight excluding hydrogens is 446 g/mol. The van der Waals surface area contributed by atoms with Gasteiger partial charge in [0, 0.05) is 63.1 Å². The van der Waals surface area contributed by atoms with Crippen molar-refractivity contribution in [3.8, 4) is 0 Å². The van der Waals surface area contributed by atoms with Crippen molar-refractivity contribution < 1.29 is 24.5 Å². The smallest absolute Gasteiger partial charge is 0.290 e. The summed E-state index contributed by atoms with van der Waals surface area (Å²) in [5.74, 6) is 2.40. The molecule has 0 spiro atoms. The summed E-state index contributed by atoms with van der Waals surface area (Å²) in [6.45, 7) is 8.22. The average molecular weight is 484 g/mol. The lowest BCUT2D eigenvalue weighted by Crippen LogP contribution is -2.48. The Morgan fingerprint density at radius 3 is 2.58 bits per heavy atom. The van der Waals surface area contributed by atoms with Crippen molar-refractivity contribution in [1.29, 1.82) is 0 Å². The van der Waals surface area contributed by atoms with E-state index in [2.05, 4.69) is 32.8 Å². The Labute approximate surface area is 199 Å². The highest BCUT2D eigenvalue weighted by atomic mass is 32.2. The summed E-state index contributed by atoms with van der Waals surface area (Å²) < 4.78 is 7.66. The van der Waals surface area contributed by atoms with Gasteiger partial charge < -0.3 is 24.4 Å². The highest BCUT2D eigenvalue weighted by Crippen LogP contribution is 2.35. The SMILES string of the molecule is CSCCCN1C[C@@H]2C[C@H](C1)c1ccc(CN3CCCOCC3)c(=O)n1C2.O=CO.O=CO. The number of pyridine rings is 1. The van der Waals surface area contributed by atoms with E-state index in [0.717, 1.165) is 64.5 Å². The molecule has 1 aromatic heterocycles. The fraction of sp³-hybridized carbons (Fsp3) is 0.696. The monoisotopic (exact) mass is 483 g/mol. The Balaban J connectivity index is 0.000000582. The van der Waals surface area contributed by atoms with E-state index in [-0.39, 0.29) is 18.5 Å². The Kier molecular flexibility index (Phi) is 12.5. The normalized spacial score (nSPS) is 22.5. The number of nitrogens with zero attached hydrogens (tertiary/aromatic N) is 3. The van der Waals surface area contributed by atoms with Crippen molar-refractivity contribution in [3.63, 3.8) is 0 Å². The zero-order chi connectivity index (χ0) is 24.1. The molecule has 2 atom stereocenters. The van der Waals surface area contributed by atoms with Crippen LogP contribution in [0.2, 0.25) is 0 Å². The molecule has 2 bridgehead atoms. The summed E-state index contributed by atoms with van der Waals surface area (Å²) in [7, 11) is 0. The van der Waals surface area contributed by atoms with Crippen LogP contribution < -0.4 is 5.56 Å². The van der Waals surface area contributed by atoms with Crippen LogP contribution >= 0.6 is 11.8 Å². The highest BCUT2D eigenvalue weighted by Gasteiger charge is 2.34. The van der Waals surface area contributed by atoms with Crippen molar-refractivity contribution in [3.05, 3.63) is 33.7 Å². The van der Waals surface area contributed by atoms with E-state index in [4.69, 9.17) is 24.5 Å². The number of aromatic nitrogens is 1. The van der Waals surface area contributed by atoms with Crippen molar-refractivity contribution >= 4 is 24.7 Å². The second-order valence-electron chi connectivity index (χ2n) is 8.56. The minimum atomic E-state index is -0.250. The first-order chi connectivity index (χ1) is 16.1. The number of rotatable bonds is 6. The molecule has 3 aliphatic heterocycles. The molecule has 0 radical (unpaired) electrons. The number of piperidine rings is 1. The molecular formula is C23H37N3O6S. The standard InChI is InChI=1S/C21H33N3O2S.2CH2O2/c1-27-11-3-7-23-13-17-12-19(16-23)20-5-4-18(21(25)24(20)14-17)15-22-6-2-9-26-10-8-22;2*2-1-3/h4-5,17,19H,2-3,6-16H2,1H3;2*1H,(H,2,3)/t17-,19+;;/m0../s1. The fourth-order valence-corrected chi connectivity index (χ4v) is 5.44. The minimum absolute atomic E-state index is 0.250. The van der Waals surface area contributed by atoms with Crippen LogP contribution in [0.1, 0.15) is 36.4 Å². The van der Waals surface area contributed by atoms with Crippen LogP contribution in [0.5, 0.6) is 0 Å². The maximum absolute atomic E-state index is 13.2. The number of fused-ring (bicyclic) bond motifs is 4. The van der Waals surface area contributed by atoms with Crippen LogP contribution in [0, 0.1) is 5.92 Å². The summed E-state index contributed by atoms with van der Waals surface area (Å²) in [5, 5.41) is 13.8. The van der Waals surface area contributed by atoms with Crippen LogP contribution in [0.25, 0.3) is 0 Å². The topological polar surface area (TPSA) is 112 Å². The molecule has 0 aliphatic carbocycles. The van der Waals surface area contributed by atoms with Gasteiger partial charge in [0.1, 0.15) is 0 Å². The molecule has 0 amide bonds. The van der Waals surface area contributed by atoms with Gasteiger partial charge in [-0.05, 0) is 49.8 Å². The molecule has 33 heavy (non-hydrogen) atoms. The quantitative estimate of drug-likeness (QED) is 0.461. The van der Waals surface area contributed by atoms with E-state index in [9.17, 15) is 4.79 Å². The molecule has 3 aliphatic rings. The number of thioether (sulfide) groups is 1. The summed E-state index contributed by atoms with van der Waals surface area (Å²) >= 11 is 1.94. The Hall–Kier alpha value is -1.88. The van der Waals surface area contributed by atoms with Gasteiger partial charge in [-0.3, -0.25) is 19.3 Å². The first-order valence-corrected chi connectivity index (χ1v) is 12.9. The molecule has 0 saturated carbocycles. The molecule has 4 heterocycles. The summed E-state index contributed by atoms with van der Waals surface area (Å²) in [6.07, 6.45) is 5.76. The van der Waals surface area contributed by atoms with Gasteiger partial charge in [-0.25, -0.2) is 0 Å². The number of hydrogen-bond donors (Lipinski definition) is 2. The maximum atomic E-state index is 13.2. The van der Waals surface area contributed by atoms with E-state index in [1.165, 1.54) is 30.8 Å². The fourth-order valence-electron chi connectivity index (χ4n) is 5.02. The predicted molar refractivity (Wildman–Crippen MR) is 129 cm³/mol. The van der Waals surface area contributed by atoms with E-state index < -0.39 is 0 Å². The zero-order valence-corrected chi connectivity index (χ0v) is 20.3. The first-order valence-electron chi connectivity index (χ1n) is 11.5. The third-order valence-corrected chi connectivity index (χ3v) is 6.99. The molecule has 186 valence electrons. The summed E-state index contributed by atoms with van der Waals surface area (Å²) in [6, 6.07) is 4.35. The van der Waals surface area contributed by atoms with Crippen LogP contribution in [0.3, 0.4) is 0 Å². The number of ether oxygens (including phenoxy) is 1. The molecule has 2 N–H and O–H groups in total. The largest absolute Gasteiger partial charge is 0.483 e. The van der Waals surface area contributed by atoms with Gasteiger partial charge in [0.15, 0.2) is 0 Å². The van der Waals surface area contributed by atoms with E-state index in [0.29, 0.717) is 11.8 Å². The number of hydrogen-bond acceptors (Lipinski definition) is 7. The van der Waals surface area contributed by atoms with E-state index in [1.54, 1.807) is 0 Å². The predicted octanol–water partition coefficient (Wildman–Crippen LogP) is 1.64. The average Bonchev–Trinajstić information content (AvgIpc) is 3.06. The molecule has 10 heteroatoms. The lowest BCUT2D eigenvalue weighted by molar-refractivity contribution is -0.123. The van der Waals surface area contributed by atoms with Crippen molar-refractivity contribution in [2.75, 3.05) is 57.9 Å². The molecule has 9 nitrogen and oxygen atoms in total. The molecule has 0 aromatic carbocycles. The third kappa shape index (κ3) is 8.44. The lowest BCUT2D eigenvalue weighted by atomic mass is 9.83. The lowest BCUT2D eigenvalue weighted by Gasteiger charge is -2.43. The van der Waals surface area contributed by atoms with Crippen LogP contribution in [-0.2, 0) is 27.4 Å². The van der Waals surface area contributed by atoms with Gasteiger partial charge in [0.25, 0.3) is 18.5 Å². The zero-order valence-electron chi connectivity index (χ0n) is 19.4. The number of carbonyl (C=O) groups is 2. The van der Waals surface area contributed by atoms with Gasteiger partial charge >= 0.3 is 0 Å². The van der Waals surface area contributed by atoms with Gasteiger partial charge in [0.05, 0.1) is 6.61 Å². The van der Waals surface area contributed by atoms with Gasteiger partial charge in [-0.15, -0.1) is 0 Å². The minimum Gasteiger partial charge on any atom is -0.483 e. The van der Waals surface area contributed by atoms with E-state index >= 15 is 0 Å². The van der Waals surface area contributed by atoms with Gasteiger partial charge in [0.2, 0.25) is 0 Å². The second-order valence-corrected chi connectivity index (χ2v) is 9.54. The first kappa shape index (κ1) is 27.4. The van der Waals surface area contributed by atoms with Crippen LogP contribution in [0.15, 0.2) is 16.9 Å². The number of carboxylic acid groups (broad SMARTS) is 2. The maximum Gasteiger partial charge on any atom is 0.290 e. The van der Waals surface area contributed by atoms with Crippen LogP contribution in [0.4, 0.5) is 0 Å². The molecule has 1 aromatic rings. The Morgan fingerprint density at radius 1 is 1.09 bits per heavy atom.